The summed E-state index contributed by atoms with van der Waals surface area (Å²) in [6.45, 7) is 7.03. The lowest BCUT2D eigenvalue weighted by Crippen LogP contribution is -2.07. The molecule has 2 rings (SSSR count). The van der Waals surface area contributed by atoms with Crippen molar-refractivity contribution in [2.75, 3.05) is 11.9 Å². The average Bonchev–Trinajstić information content (AvgIpc) is 2.82. The van der Waals surface area contributed by atoms with Gasteiger partial charge in [-0.2, -0.15) is 0 Å². The molecule has 2 aromatic rings. The van der Waals surface area contributed by atoms with E-state index in [4.69, 9.17) is 4.42 Å². The Balaban J connectivity index is 2.50. The molecule has 0 aliphatic heterocycles. The Bertz CT molecular complexity index is 492. The van der Waals surface area contributed by atoms with Gasteiger partial charge < -0.3 is 9.73 Å². The molecule has 0 fully saturated rings. The van der Waals surface area contributed by atoms with E-state index in [9.17, 15) is 0 Å². The van der Waals surface area contributed by atoms with Crippen molar-refractivity contribution in [3.05, 3.63) is 29.7 Å². The van der Waals surface area contributed by atoms with Crippen molar-refractivity contribution < 1.29 is 4.42 Å². The molecule has 17 heavy (non-hydrogen) atoms. The molecule has 0 radical (unpaired) electrons. The van der Waals surface area contributed by atoms with Crippen molar-refractivity contribution >= 4 is 5.82 Å². The molecular weight excluding hydrogens is 214 g/mol. The smallest absolute Gasteiger partial charge is 0.197 e. The van der Waals surface area contributed by atoms with Crippen LogP contribution in [0.4, 0.5) is 5.82 Å². The highest BCUT2D eigenvalue weighted by Gasteiger charge is 2.12. The minimum Gasteiger partial charge on any atom is -0.461 e. The Morgan fingerprint density at radius 1 is 1.29 bits per heavy atom. The standard InChI is InChI=1S/C13H17N3O/c1-4-10-9(3)15-13(11-7-6-8-17-11)16-12(10)14-5-2/h6-8H,4-5H2,1-3H3,(H,14,15,16). The zero-order valence-electron chi connectivity index (χ0n) is 10.4. The number of anilines is 1. The van der Waals surface area contributed by atoms with Crippen LogP contribution < -0.4 is 5.32 Å². The van der Waals surface area contributed by atoms with E-state index in [1.165, 1.54) is 5.56 Å². The molecule has 0 spiro atoms. The highest BCUT2D eigenvalue weighted by molar-refractivity contribution is 5.55. The maximum absolute atomic E-state index is 5.33. The fourth-order valence-electron chi connectivity index (χ4n) is 1.85. The van der Waals surface area contributed by atoms with Gasteiger partial charge in [-0.1, -0.05) is 6.92 Å². The quantitative estimate of drug-likeness (QED) is 0.878. The van der Waals surface area contributed by atoms with Gasteiger partial charge >= 0.3 is 0 Å². The molecule has 2 heterocycles. The van der Waals surface area contributed by atoms with E-state index in [1.807, 2.05) is 19.1 Å². The molecule has 0 saturated carbocycles. The summed E-state index contributed by atoms with van der Waals surface area (Å²) in [7, 11) is 0. The van der Waals surface area contributed by atoms with Gasteiger partial charge in [0.25, 0.3) is 0 Å². The molecule has 0 unspecified atom stereocenters. The number of hydrogen-bond donors (Lipinski definition) is 1. The minimum absolute atomic E-state index is 0.639. The Kier molecular flexibility index (Phi) is 3.42. The second kappa shape index (κ2) is 4.99. The maximum Gasteiger partial charge on any atom is 0.197 e. The number of aromatic nitrogens is 2. The first kappa shape index (κ1) is 11.6. The summed E-state index contributed by atoms with van der Waals surface area (Å²) < 4.78 is 5.33. The van der Waals surface area contributed by atoms with Crippen LogP contribution >= 0.6 is 0 Å². The summed E-state index contributed by atoms with van der Waals surface area (Å²) >= 11 is 0. The Hall–Kier alpha value is -1.84. The van der Waals surface area contributed by atoms with E-state index in [0.29, 0.717) is 11.6 Å². The number of nitrogens with one attached hydrogen (secondary N) is 1. The summed E-state index contributed by atoms with van der Waals surface area (Å²) in [6.07, 6.45) is 2.56. The molecule has 0 aliphatic carbocycles. The first-order valence-electron chi connectivity index (χ1n) is 5.91. The summed E-state index contributed by atoms with van der Waals surface area (Å²) in [5.74, 6) is 2.25. The van der Waals surface area contributed by atoms with Crippen LogP contribution in [0.15, 0.2) is 22.8 Å². The van der Waals surface area contributed by atoms with Crippen molar-refractivity contribution in [2.45, 2.75) is 27.2 Å². The fourth-order valence-corrected chi connectivity index (χ4v) is 1.85. The third-order valence-corrected chi connectivity index (χ3v) is 2.65. The molecule has 0 aromatic carbocycles. The zero-order chi connectivity index (χ0) is 12.3. The molecule has 4 nitrogen and oxygen atoms in total. The van der Waals surface area contributed by atoms with Crippen LogP contribution in [0.3, 0.4) is 0 Å². The van der Waals surface area contributed by atoms with Crippen LogP contribution in [0.2, 0.25) is 0 Å². The topological polar surface area (TPSA) is 51.0 Å². The lowest BCUT2D eigenvalue weighted by atomic mass is 10.1. The summed E-state index contributed by atoms with van der Waals surface area (Å²) in [6, 6.07) is 3.71. The first-order valence-corrected chi connectivity index (χ1v) is 5.91. The Labute approximate surface area is 101 Å². The SMILES string of the molecule is CCNc1nc(-c2ccco2)nc(C)c1CC. The molecule has 0 atom stereocenters. The average molecular weight is 231 g/mol. The van der Waals surface area contributed by atoms with Gasteiger partial charge in [-0.05, 0) is 32.4 Å². The third kappa shape index (κ3) is 2.30. The van der Waals surface area contributed by atoms with Gasteiger partial charge in [0, 0.05) is 17.8 Å². The Morgan fingerprint density at radius 2 is 2.12 bits per heavy atom. The number of furan rings is 1. The first-order chi connectivity index (χ1) is 8.26. The summed E-state index contributed by atoms with van der Waals surface area (Å²) in [5.41, 5.74) is 2.17. The van der Waals surface area contributed by atoms with Crippen molar-refractivity contribution in [1.82, 2.24) is 9.97 Å². The van der Waals surface area contributed by atoms with Crippen molar-refractivity contribution in [1.29, 1.82) is 0 Å². The van der Waals surface area contributed by atoms with E-state index in [-0.39, 0.29) is 0 Å². The lowest BCUT2D eigenvalue weighted by molar-refractivity contribution is 0.577. The predicted molar refractivity (Wildman–Crippen MR) is 68.0 cm³/mol. The molecule has 0 saturated heterocycles. The lowest BCUT2D eigenvalue weighted by Gasteiger charge is -2.11. The van der Waals surface area contributed by atoms with Crippen LogP contribution in [0, 0.1) is 6.92 Å². The number of rotatable bonds is 4. The fraction of sp³-hybridized carbons (Fsp3) is 0.385. The second-order valence-electron chi connectivity index (χ2n) is 3.82. The summed E-state index contributed by atoms with van der Waals surface area (Å²) in [4.78, 5) is 9.01. The van der Waals surface area contributed by atoms with Gasteiger partial charge in [0.1, 0.15) is 5.82 Å². The minimum atomic E-state index is 0.639. The molecule has 0 amide bonds. The van der Waals surface area contributed by atoms with Gasteiger partial charge in [0.05, 0.1) is 6.26 Å². The van der Waals surface area contributed by atoms with Crippen molar-refractivity contribution in [3.63, 3.8) is 0 Å². The van der Waals surface area contributed by atoms with E-state index in [2.05, 4.69) is 29.1 Å². The van der Waals surface area contributed by atoms with E-state index in [1.54, 1.807) is 6.26 Å². The summed E-state index contributed by atoms with van der Waals surface area (Å²) in [5, 5.41) is 3.28. The largest absolute Gasteiger partial charge is 0.461 e. The number of nitrogens with zero attached hydrogens (tertiary/aromatic N) is 2. The van der Waals surface area contributed by atoms with Crippen LogP contribution in [-0.2, 0) is 6.42 Å². The van der Waals surface area contributed by atoms with Gasteiger partial charge in [0.15, 0.2) is 11.6 Å². The zero-order valence-corrected chi connectivity index (χ0v) is 10.4. The van der Waals surface area contributed by atoms with Crippen molar-refractivity contribution in [2.24, 2.45) is 0 Å². The molecular formula is C13H17N3O. The molecule has 90 valence electrons. The van der Waals surface area contributed by atoms with E-state index < -0.39 is 0 Å². The molecule has 0 aliphatic rings. The second-order valence-corrected chi connectivity index (χ2v) is 3.82. The normalized spacial score (nSPS) is 10.5. The number of hydrogen-bond acceptors (Lipinski definition) is 4. The van der Waals surface area contributed by atoms with Crippen LogP contribution in [0.25, 0.3) is 11.6 Å². The van der Waals surface area contributed by atoms with E-state index in [0.717, 1.165) is 24.5 Å². The van der Waals surface area contributed by atoms with Crippen molar-refractivity contribution in [3.8, 4) is 11.6 Å². The van der Waals surface area contributed by atoms with Gasteiger partial charge in [0.2, 0.25) is 0 Å². The maximum atomic E-state index is 5.33. The highest BCUT2D eigenvalue weighted by Crippen LogP contribution is 2.22. The van der Waals surface area contributed by atoms with Crippen LogP contribution in [0.5, 0.6) is 0 Å². The third-order valence-electron chi connectivity index (χ3n) is 2.65. The van der Waals surface area contributed by atoms with Gasteiger partial charge in [-0.3, -0.25) is 0 Å². The highest BCUT2D eigenvalue weighted by atomic mass is 16.3. The molecule has 0 bridgehead atoms. The number of aryl methyl sites for hydroxylation is 1. The van der Waals surface area contributed by atoms with Crippen LogP contribution in [-0.4, -0.2) is 16.5 Å². The molecule has 1 N–H and O–H groups in total. The van der Waals surface area contributed by atoms with Gasteiger partial charge in [-0.25, -0.2) is 9.97 Å². The van der Waals surface area contributed by atoms with E-state index >= 15 is 0 Å². The van der Waals surface area contributed by atoms with Gasteiger partial charge in [-0.15, -0.1) is 0 Å². The van der Waals surface area contributed by atoms with Crippen LogP contribution in [0.1, 0.15) is 25.1 Å². The monoisotopic (exact) mass is 231 g/mol. The molecule has 2 aromatic heterocycles. The Morgan fingerprint density at radius 3 is 2.71 bits per heavy atom. The predicted octanol–water partition coefficient (Wildman–Crippen LogP) is 3.04. The molecule has 4 heteroatoms.